The summed E-state index contributed by atoms with van der Waals surface area (Å²) >= 11 is 0. The van der Waals surface area contributed by atoms with E-state index in [0.717, 1.165) is 17.1 Å². The fourth-order valence-electron chi connectivity index (χ4n) is 2.00. The van der Waals surface area contributed by atoms with Crippen molar-refractivity contribution < 1.29 is 4.79 Å². The van der Waals surface area contributed by atoms with Gasteiger partial charge in [-0.2, -0.15) is 0 Å². The van der Waals surface area contributed by atoms with Gasteiger partial charge in [0.05, 0.1) is 0 Å². The van der Waals surface area contributed by atoms with Crippen LogP contribution in [0.1, 0.15) is 11.4 Å². The summed E-state index contributed by atoms with van der Waals surface area (Å²) in [6, 6.07) is 12.4. The van der Waals surface area contributed by atoms with Crippen LogP contribution in [0.4, 0.5) is 5.69 Å². The molecule has 0 unspecified atom stereocenters. The highest BCUT2D eigenvalue weighted by Crippen LogP contribution is 2.06. The molecular weight excluding hydrogens is 240 g/mol. The van der Waals surface area contributed by atoms with Gasteiger partial charge in [-0.25, -0.2) is 0 Å². The Morgan fingerprint density at radius 1 is 1.11 bits per heavy atom. The normalized spacial score (nSPS) is 10.2. The van der Waals surface area contributed by atoms with Crippen LogP contribution in [0.2, 0.25) is 0 Å². The third-order valence-electron chi connectivity index (χ3n) is 2.91. The van der Waals surface area contributed by atoms with E-state index in [1.807, 2.05) is 48.7 Å². The summed E-state index contributed by atoms with van der Waals surface area (Å²) in [6.07, 6.45) is 0. The number of hydrogen-bond acceptors (Lipinski definition) is 2. The molecule has 1 amide bonds. The van der Waals surface area contributed by atoms with E-state index in [1.165, 1.54) is 12.1 Å². The molecule has 0 radical (unpaired) electrons. The number of carbonyl (C=O) groups is 1. The Hall–Kier alpha value is -2.36. The SMILES string of the molecule is Cc1cc(=O)cc(C)n1CC(=O)Nc1ccccc1. The molecule has 0 atom stereocenters. The lowest BCUT2D eigenvalue weighted by atomic mass is 10.3. The molecule has 0 fully saturated rings. The minimum absolute atomic E-state index is 0.0327. The second kappa shape index (κ2) is 5.52. The van der Waals surface area contributed by atoms with Crippen LogP contribution in [0.15, 0.2) is 47.3 Å². The number of pyridine rings is 1. The molecule has 0 bridgehead atoms. The van der Waals surface area contributed by atoms with Crippen LogP contribution in [0.3, 0.4) is 0 Å². The fraction of sp³-hybridized carbons (Fsp3) is 0.200. The largest absolute Gasteiger partial charge is 0.340 e. The molecule has 0 aliphatic rings. The Balaban J connectivity index is 2.14. The first-order valence-electron chi connectivity index (χ1n) is 6.09. The number of nitrogens with one attached hydrogen (secondary N) is 1. The maximum Gasteiger partial charge on any atom is 0.244 e. The van der Waals surface area contributed by atoms with Crippen molar-refractivity contribution in [3.63, 3.8) is 0 Å². The van der Waals surface area contributed by atoms with Gasteiger partial charge in [0.15, 0.2) is 5.43 Å². The van der Waals surface area contributed by atoms with E-state index >= 15 is 0 Å². The lowest BCUT2D eigenvalue weighted by Gasteiger charge is -2.14. The van der Waals surface area contributed by atoms with Crippen LogP contribution in [-0.4, -0.2) is 10.5 Å². The summed E-state index contributed by atoms with van der Waals surface area (Å²) in [4.78, 5) is 23.3. The molecule has 19 heavy (non-hydrogen) atoms. The van der Waals surface area contributed by atoms with Gasteiger partial charge in [-0.3, -0.25) is 9.59 Å². The van der Waals surface area contributed by atoms with E-state index in [2.05, 4.69) is 5.32 Å². The molecule has 98 valence electrons. The summed E-state index contributed by atoms with van der Waals surface area (Å²) in [5.74, 6) is -0.110. The topological polar surface area (TPSA) is 51.1 Å². The lowest BCUT2D eigenvalue weighted by molar-refractivity contribution is -0.116. The Morgan fingerprint density at radius 3 is 2.26 bits per heavy atom. The summed E-state index contributed by atoms with van der Waals surface area (Å²) in [5.41, 5.74) is 2.31. The van der Waals surface area contributed by atoms with Crippen LogP contribution in [0, 0.1) is 13.8 Å². The summed E-state index contributed by atoms with van der Waals surface area (Å²) in [6.45, 7) is 3.85. The monoisotopic (exact) mass is 256 g/mol. The number of nitrogens with zero attached hydrogens (tertiary/aromatic N) is 1. The van der Waals surface area contributed by atoms with E-state index in [-0.39, 0.29) is 17.9 Å². The lowest BCUT2D eigenvalue weighted by Crippen LogP contribution is -2.23. The van der Waals surface area contributed by atoms with E-state index < -0.39 is 0 Å². The number of anilines is 1. The zero-order chi connectivity index (χ0) is 13.8. The van der Waals surface area contributed by atoms with Crippen LogP contribution in [-0.2, 0) is 11.3 Å². The second-order valence-electron chi connectivity index (χ2n) is 4.47. The predicted octanol–water partition coefficient (Wildman–Crippen LogP) is 2.10. The van der Waals surface area contributed by atoms with E-state index in [0.29, 0.717) is 0 Å². The van der Waals surface area contributed by atoms with Crippen molar-refractivity contribution in [2.45, 2.75) is 20.4 Å². The minimum Gasteiger partial charge on any atom is -0.340 e. The molecule has 0 aliphatic heterocycles. The van der Waals surface area contributed by atoms with Crippen LogP contribution < -0.4 is 10.7 Å². The van der Waals surface area contributed by atoms with Gasteiger partial charge in [0, 0.05) is 29.2 Å². The molecule has 0 aliphatic carbocycles. The molecule has 0 spiro atoms. The highest BCUT2D eigenvalue weighted by Gasteiger charge is 2.07. The highest BCUT2D eigenvalue weighted by atomic mass is 16.2. The summed E-state index contributed by atoms with van der Waals surface area (Å²) in [5, 5.41) is 2.82. The summed E-state index contributed by atoms with van der Waals surface area (Å²) in [7, 11) is 0. The average molecular weight is 256 g/mol. The van der Waals surface area contributed by atoms with E-state index in [1.54, 1.807) is 0 Å². The molecular formula is C15H16N2O2. The molecule has 2 aromatic rings. The number of carbonyl (C=O) groups excluding carboxylic acids is 1. The Labute approximate surface area is 111 Å². The number of rotatable bonds is 3. The molecule has 0 saturated carbocycles. The van der Waals surface area contributed by atoms with E-state index in [9.17, 15) is 9.59 Å². The van der Waals surface area contributed by atoms with Gasteiger partial charge in [0.2, 0.25) is 5.91 Å². The average Bonchev–Trinajstić information content (AvgIpc) is 2.35. The third kappa shape index (κ3) is 3.31. The van der Waals surface area contributed by atoms with Crippen molar-refractivity contribution >= 4 is 11.6 Å². The maximum atomic E-state index is 12.0. The van der Waals surface area contributed by atoms with Crippen LogP contribution in [0.5, 0.6) is 0 Å². The van der Waals surface area contributed by atoms with Gasteiger partial charge in [0.25, 0.3) is 0 Å². The Morgan fingerprint density at radius 2 is 1.68 bits per heavy atom. The van der Waals surface area contributed by atoms with Gasteiger partial charge >= 0.3 is 0 Å². The number of amides is 1. The molecule has 0 saturated heterocycles. The number of aryl methyl sites for hydroxylation is 2. The summed E-state index contributed by atoms with van der Waals surface area (Å²) < 4.78 is 1.82. The fourth-order valence-corrected chi connectivity index (χ4v) is 2.00. The number of hydrogen-bond donors (Lipinski definition) is 1. The number of benzene rings is 1. The molecule has 1 aromatic carbocycles. The minimum atomic E-state index is -0.110. The third-order valence-corrected chi connectivity index (χ3v) is 2.91. The maximum absolute atomic E-state index is 12.0. The number of aromatic nitrogens is 1. The van der Waals surface area contributed by atoms with Crippen molar-refractivity contribution in [3.05, 3.63) is 64.1 Å². The Bertz CT molecular complexity index is 619. The number of para-hydroxylation sites is 1. The van der Waals surface area contributed by atoms with Crippen LogP contribution >= 0.6 is 0 Å². The van der Waals surface area contributed by atoms with Crippen molar-refractivity contribution in [3.8, 4) is 0 Å². The molecule has 2 rings (SSSR count). The molecule has 4 nitrogen and oxygen atoms in total. The van der Waals surface area contributed by atoms with Crippen molar-refractivity contribution in [2.75, 3.05) is 5.32 Å². The van der Waals surface area contributed by atoms with Crippen molar-refractivity contribution in [1.82, 2.24) is 4.57 Å². The van der Waals surface area contributed by atoms with Gasteiger partial charge in [-0.15, -0.1) is 0 Å². The first-order chi connectivity index (χ1) is 9.06. The quantitative estimate of drug-likeness (QED) is 0.914. The zero-order valence-corrected chi connectivity index (χ0v) is 11.0. The van der Waals surface area contributed by atoms with E-state index in [4.69, 9.17) is 0 Å². The first-order valence-corrected chi connectivity index (χ1v) is 6.09. The highest BCUT2D eigenvalue weighted by molar-refractivity contribution is 5.90. The van der Waals surface area contributed by atoms with Gasteiger partial charge < -0.3 is 9.88 Å². The van der Waals surface area contributed by atoms with Gasteiger partial charge in [-0.05, 0) is 26.0 Å². The molecule has 1 heterocycles. The predicted molar refractivity (Wildman–Crippen MR) is 75.2 cm³/mol. The molecule has 1 aromatic heterocycles. The Kier molecular flexibility index (Phi) is 3.80. The van der Waals surface area contributed by atoms with Gasteiger partial charge in [0.1, 0.15) is 6.54 Å². The van der Waals surface area contributed by atoms with Crippen molar-refractivity contribution in [1.29, 1.82) is 0 Å². The van der Waals surface area contributed by atoms with Crippen LogP contribution in [0.25, 0.3) is 0 Å². The van der Waals surface area contributed by atoms with Gasteiger partial charge in [-0.1, -0.05) is 18.2 Å². The first kappa shape index (κ1) is 13.1. The smallest absolute Gasteiger partial charge is 0.244 e. The molecule has 1 N–H and O–H groups in total. The zero-order valence-electron chi connectivity index (χ0n) is 11.0. The molecule has 4 heteroatoms. The standard InChI is InChI=1S/C15H16N2O2/c1-11-8-14(18)9-12(2)17(11)10-15(19)16-13-6-4-3-5-7-13/h3-9H,10H2,1-2H3,(H,16,19). The van der Waals surface area contributed by atoms with Crippen molar-refractivity contribution in [2.24, 2.45) is 0 Å². The second-order valence-corrected chi connectivity index (χ2v) is 4.47.